The maximum Gasteiger partial charge on any atom is 0.0270 e. The van der Waals surface area contributed by atoms with Gasteiger partial charge >= 0.3 is 0 Å². The van der Waals surface area contributed by atoms with E-state index in [1.54, 1.807) is 4.91 Å². The lowest BCUT2D eigenvalue weighted by atomic mass is 10.1. The van der Waals surface area contributed by atoms with Crippen molar-refractivity contribution in [3.63, 3.8) is 0 Å². The predicted molar refractivity (Wildman–Crippen MR) is 62.1 cm³/mol. The van der Waals surface area contributed by atoms with Crippen molar-refractivity contribution in [2.24, 2.45) is 0 Å². The summed E-state index contributed by atoms with van der Waals surface area (Å²) in [7, 11) is 0. The molecule has 2 rings (SSSR count). The maximum absolute atomic E-state index is 4.02. The Kier molecular flexibility index (Phi) is 3.64. The summed E-state index contributed by atoms with van der Waals surface area (Å²) in [6.45, 7) is 0. The van der Waals surface area contributed by atoms with E-state index in [4.69, 9.17) is 0 Å². The summed E-state index contributed by atoms with van der Waals surface area (Å²) in [5.41, 5.74) is 1.37. The molecular weight excluding hydrogens is 190 g/mol. The molecule has 0 bridgehead atoms. The van der Waals surface area contributed by atoms with Crippen molar-refractivity contribution in [2.75, 3.05) is 0 Å². The summed E-state index contributed by atoms with van der Waals surface area (Å²) in [6, 6.07) is 4.19. The van der Waals surface area contributed by atoms with Crippen molar-refractivity contribution >= 4 is 11.8 Å². The summed E-state index contributed by atoms with van der Waals surface area (Å²) in [6.07, 6.45) is 11.4. The zero-order chi connectivity index (χ0) is 9.64. The normalized spacial score (nSPS) is 16.4. The lowest BCUT2D eigenvalue weighted by molar-refractivity contribution is 0.723. The minimum absolute atomic E-state index is 1.09. The second-order valence-electron chi connectivity index (χ2n) is 3.56. The van der Waals surface area contributed by atoms with Crippen LogP contribution in [0.4, 0.5) is 0 Å². The smallest absolute Gasteiger partial charge is 0.0270 e. The van der Waals surface area contributed by atoms with Gasteiger partial charge in [0.05, 0.1) is 0 Å². The molecule has 0 saturated carbocycles. The minimum atomic E-state index is 1.09. The van der Waals surface area contributed by atoms with Gasteiger partial charge in [-0.15, -0.1) is 11.8 Å². The van der Waals surface area contributed by atoms with E-state index < -0.39 is 0 Å². The van der Waals surface area contributed by atoms with Gasteiger partial charge in [0.1, 0.15) is 0 Å². The highest BCUT2D eigenvalue weighted by atomic mass is 32.2. The van der Waals surface area contributed by atoms with Crippen molar-refractivity contribution in [3.8, 4) is 0 Å². The van der Waals surface area contributed by atoms with Crippen molar-refractivity contribution in [1.82, 2.24) is 4.98 Å². The number of hydrogen-bond acceptors (Lipinski definition) is 2. The number of nitrogens with zero attached hydrogens (tertiary/aromatic N) is 1. The molecule has 0 aliphatic heterocycles. The fraction of sp³-hybridized carbons (Fsp3) is 0.417. The predicted octanol–water partition coefficient (Wildman–Crippen LogP) is 3.77. The molecule has 1 aromatic heterocycles. The first-order chi connectivity index (χ1) is 6.95. The zero-order valence-corrected chi connectivity index (χ0v) is 9.09. The van der Waals surface area contributed by atoms with Crippen molar-refractivity contribution < 1.29 is 0 Å². The van der Waals surface area contributed by atoms with Crippen LogP contribution < -0.4 is 0 Å². The Labute approximate surface area is 89.6 Å². The minimum Gasteiger partial charge on any atom is -0.265 e. The molecule has 1 aliphatic carbocycles. The van der Waals surface area contributed by atoms with E-state index in [1.165, 1.54) is 31.2 Å². The maximum atomic E-state index is 4.02. The van der Waals surface area contributed by atoms with Crippen LogP contribution in [0.2, 0.25) is 0 Å². The molecule has 74 valence electrons. The van der Waals surface area contributed by atoms with Crippen molar-refractivity contribution in [3.05, 3.63) is 41.1 Å². The molecule has 1 nitrogen and oxygen atoms in total. The first-order valence-corrected chi connectivity index (χ1v) is 6.14. The molecule has 0 saturated heterocycles. The Morgan fingerprint density at radius 3 is 2.79 bits per heavy atom. The Bertz CT molecular complexity index is 305. The highest BCUT2D eigenvalue weighted by Gasteiger charge is 2.03. The first kappa shape index (κ1) is 9.78. The largest absolute Gasteiger partial charge is 0.265 e. The van der Waals surface area contributed by atoms with E-state index in [-0.39, 0.29) is 0 Å². The van der Waals surface area contributed by atoms with Crippen LogP contribution in [0.25, 0.3) is 0 Å². The molecule has 0 spiro atoms. The third-order valence-electron chi connectivity index (χ3n) is 2.42. The third-order valence-corrected chi connectivity index (χ3v) is 3.64. The quantitative estimate of drug-likeness (QED) is 0.745. The number of thioether (sulfide) groups is 1. The molecule has 1 aliphatic rings. The van der Waals surface area contributed by atoms with Crippen LogP contribution in [-0.2, 0) is 5.75 Å². The summed E-state index contributed by atoms with van der Waals surface area (Å²) >= 11 is 1.98. The van der Waals surface area contributed by atoms with E-state index in [0.717, 1.165) is 5.75 Å². The van der Waals surface area contributed by atoms with Gasteiger partial charge in [-0.05, 0) is 48.3 Å². The lowest BCUT2D eigenvalue weighted by Gasteiger charge is -2.11. The molecule has 0 fully saturated rings. The Morgan fingerprint density at radius 1 is 1.21 bits per heavy atom. The highest BCUT2D eigenvalue weighted by Crippen LogP contribution is 2.29. The molecule has 0 unspecified atom stereocenters. The lowest BCUT2D eigenvalue weighted by Crippen LogP contribution is -1.89. The van der Waals surface area contributed by atoms with Crippen LogP contribution >= 0.6 is 11.8 Å². The molecule has 0 radical (unpaired) electrons. The molecule has 0 amide bonds. The summed E-state index contributed by atoms with van der Waals surface area (Å²) in [5.74, 6) is 1.09. The molecule has 0 atom stereocenters. The average molecular weight is 205 g/mol. The van der Waals surface area contributed by atoms with Gasteiger partial charge in [0.25, 0.3) is 0 Å². The van der Waals surface area contributed by atoms with Crippen LogP contribution in [0.15, 0.2) is 35.5 Å². The Hall–Kier alpha value is -0.760. The van der Waals surface area contributed by atoms with Crippen LogP contribution in [0.5, 0.6) is 0 Å². The second-order valence-corrected chi connectivity index (χ2v) is 4.66. The van der Waals surface area contributed by atoms with Crippen LogP contribution in [0.1, 0.15) is 31.2 Å². The van der Waals surface area contributed by atoms with Gasteiger partial charge in [-0.3, -0.25) is 4.98 Å². The number of hydrogen-bond donors (Lipinski definition) is 0. The van der Waals surface area contributed by atoms with Crippen molar-refractivity contribution in [2.45, 2.75) is 31.4 Å². The monoisotopic (exact) mass is 205 g/mol. The second kappa shape index (κ2) is 5.20. The fourth-order valence-corrected chi connectivity index (χ4v) is 2.66. The summed E-state index contributed by atoms with van der Waals surface area (Å²) in [5, 5.41) is 0. The number of rotatable bonds is 3. The van der Waals surface area contributed by atoms with Crippen LogP contribution in [0.3, 0.4) is 0 Å². The van der Waals surface area contributed by atoms with E-state index in [1.807, 2.05) is 24.2 Å². The van der Waals surface area contributed by atoms with Gasteiger partial charge in [0.2, 0.25) is 0 Å². The zero-order valence-electron chi connectivity index (χ0n) is 8.28. The Balaban J connectivity index is 1.85. The molecule has 14 heavy (non-hydrogen) atoms. The van der Waals surface area contributed by atoms with Gasteiger partial charge < -0.3 is 0 Å². The van der Waals surface area contributed by atoms with E-state index in [2.05, 4.69) is 23.2 Å². The molecule has 1 heterocycles. The van der Waals surface area contributed by atoms with Crippen LogP contribution in [-0.4, -0.2) is 4.98 Å². The van der Waals surface area contributed by atoms with Gasteiger partial charge in [-0.2, -0.15) is 0 Å². The summed E-state index contributed by atoms with van der Waals surface area (Å²) in [4.78, 5) is 5.59. The van der Waals surface area contributed by atoms with E-state index >= 15 is 0 Å². The van der Waals surface area contributed by atoms with Gasteiger partial charge in [-0.25, -0.2) is 0 Å². The SMILES string of the molecule is C1=C(SCc2ccncc2)CCCC1. The van der Waals surface area contributed by atoms with E-state index in [9.17, 15) is 0 Å². The van der Waals surface area contributed by atoms with E-state index in [0.29, 0.717) is 0 Å². The van der Waals surface area contributed by atoms with Gasteiger partial charge in [0.15, 0.2) is 0 Å². The fourth-order valence-electron chi connectivity index (χ4n) is 1.59. The number of aromatic nitrogens is 1. The van der Waals surface area contributed by atoms with Gasteiger partial charge in [0, 0.05) is 18.1 Å². The van der Waals surface area contributed by atoms with Crippen LogP contribution in [0, 0.1) is 0 Å². The number of pyridine rings is 1. The Morgan fingerprint density at radius 2 is 2.07 bits per heavy atom. The highest BCUT2D eigenvalue weighted by molar-refractivity contribution is 8.02. The summed E-state index contributed by atoms with van der Waals surface area (Å²) < 4.78 is 0. The average Bonchev–Trinajstić information content (AvgIpc) is 2.29. The standard InChI is InChI=1S/C12H15NS/c1-2-4-12(5-3-1)14-10-11-6-8-13-9-7-11/h4,6-9H,1-3,5,10H2. The van der Waals surface area contributed by atoms with Gasteiger partial charge in [-0.1, -0.05) is 6.08 Å². The molecule has 0 N–H and O–H groups in total. The third kappa shape index (κ3) is 2.88. The molecular formula is C12H15NS. The topological polar surface area (TPSA) is 12.9 Å². The first-order valence-electron chi connectivity index (χ1n) is 5.16. The molecule has 0 aromatic carbocycles. The molecule has 2 heteroatoms. The van der Waals surface area contributed by atoms with Crippen molar-refractivity contribution in [1.29, 1.82) is 0 Å². The number of allylic oxidation sites excluding steroid dienone is 2. The molecule has 1 aromatic rings.